The molecule has 1 aromatic carbocycles. The van der Waals surface area contributed by atoms with Gasteiger partial charge in [-0.05, 0) is 42.9 Å². The minimum atomic E-state index is -4.11. The summed E-state index contributed by atoms with van der Waals surface area (Å²) in [5.41, 5.74) is 0.959. The highest BCUT2D eigenvalue weighted by Crippen LogP contribution is 2.40. The molecule has 13 heteroatoms. The molecule has 0 aliphatic carbocycles. The SMILES string of the molecule is CN1C(=O)C(=CC=C2Oc3ccc(Cl)cc3N2CCCS(=O)(=O)O)N(CCOCCO)C1=S. The molecule has 1 fully saturated rings. The zero-order valence-corrected chi connectivity index (χ0v) is 20.2. The predicted molar refractivity (Wildman–Crippen MR) is 127 cm³/mol. The number of aliphatic hydroxyl groups excluding tert-OH is 1. The summed E-state index contributed by atoms with van der Waals surface area (Å²) in [7, 11) is -2.53. The number of halogens is 1. The minimum Gasteiger partial charge on any atom is -0.439 e. The summed E-state index contributed by atoms with van der Waals surface area (Å²) >= 11 is 11.5. The lowest BCUT2D eigenvalue weighted by molar-refractivity contribution is -0.121. The molecular weight excluding hydrogens is 494 g/mol. The number of likely N-dealkylation sites (N-methyl/N-ethyl adjacent to an activating group) is 1. The van der Waals surface area contributed by atoms with E-state index in [0.29, 0.717) is 39.7 Å². The van der Waals surface area contributed by atoms with E-state index in [0.717, 1.165) is 0 Å². The number of aliphatic hydroxyl groups is 1. The first-order chi connectivity index (χ1) is 15.6. The summed E-state index contributed by atoms with van der Waals surface area (Å²) in [4.78, 5) is 17.4. The molecule has 10 nitrogen and oxygen atoms in total. The zero-order valence-electron chi connectivity index (χ0n) is 17.8. The molecule has 2 heterocycles. The van der Waals surface area contributed by atoms with Crippen LogP contribution in [0.5, 0.6) is 5.75 Å². The quantitative estimate of drug-likeness (QED) is 0.205. The van der Waals surface area contributed by atoms with Crippen molar-refractivity contribution < 1.29 is 32.3 Å². The Bertz CT molecular complexity index is 1090. The van der Waals surface area contributed by atoms with Crippen LogP contribution in [0.3, 0.4) is 0 Å². The Kier molecular flexibility index (Phi) is 8.32. The molecule has 0 spiro atoms. The molecule has 1 aromatic rings. The summed E-state index contributed by atoms with van der Waals surface area (Å²) in [5, 5.41) is 9.65. The molecule has 0 saturated carbocycles. The van der Waals surface area contributed by atoms with Gasteiger partial charge in [0.2, 0.25) is 5.88 Å². The fourth-order valence-electron chi connectivity index (χ4n) is 3.34. The van der Waals surface area contributed by atoms with Crippen molar-refractivity contribution >= 4 is 50.6 Å². The average Bonchev–Trinajstić information content (AvgIpc) is 3.18. The second kappa shape index (κ2) is 10.8. The first-order valence-electron chi connectivity index (χ1n) is 10.0. The Morgan fingerprint density at radius 1 is 1.21 bits per heavy atom. The Morgan fingerprint density at radius 3 is 2.67 bits per heavy atom. The lowest BCUT2D eigenvalue weighted by atomic mass is 10.2. The maximum absolute atomic E-state index is 12.7. The number of rotatable bonds is 10. The molecule has 2 aliphatic heterocycles. The first kappa shape index (κ1) is 25.4. The lowest BCUT2D eigenvalue weighted by Crippen LogP contribution is -2.31. The summed E-state index contributed by atoms with van der Waals surface area (Å²) < 4.78 is 42.5. The van der Waals surface area contributed by atoms with Crippen LogP contribution >= 0.6 is 23.8 Å². The van der Waals surface area contributed by atoms with Gasteiger partial charge in [0.25, 0.3) is 16.0 Å². The van der Waals surface area contributed by atoms with Gasteiger partial charge >= 0.3 is 0 Å². The summed E-state index contributed by atoms with van der Waals surface area (Å²) in [6.07, 6.45) is 3.31. The van der Waals surface area contributed by atoms with E-state index in [1.165, 1.54) is 4.90 Å². The largest absolute Gasteiger partial charge is 0.439 e. The van der Waals surface area contributed by atoms with Crippen molar-refractivity contribution in [1.82, 2.24) is 9.80 Å². The molecule has 1 amide bonds. The van der Waals surface area contributed by atoms with Crippen LogP contribution in [0.1, 0.15) is 6.42 Å². The maximum Gasteiger partial charge on any atom is 0.276 e. The number of carbonyl (C=O) groups is 1. The van der Waals surface area contributed by atoms with Crippen molar-refractivity contribution in [1.29, 1.82) is 0 Å². The Hall–Kier alpha value is -2.22. The van der Waals surface area contributed by atoms with Crippen LogP contribution in [0.2, 0.25) is 5.02 Å². The number of hydrogen-bond acceptors (Lipinski definition) is 8. The number of benzene rings is 1. The third-order valence-electron chi connectivity index (χ3n) is 4.89. The molecule has 2 aliphatic rings. The van der Waals surface area contributed by atoms with Crippen LogP contribution in [-0.4, -0.2) is 84.6 Å². The van der Waals surface area contributed by atoms with Crippen molar-refractivity contribution in [3.8, 4) is 5.75 Å². The van der Waals surface area contributed by atoms with Gasteiger partial charge in [-0.25, -0.2) is 0 Å². The number of fused-ring (bicyclic) bond motifs is 1. The monoisotopic (exact) mass is 517 g/mol. The Balaban J connectivity index is 1.86. The van der Waals surface area contributed by atoms with E-state index in [1.807, 2.05) is 0 Å². The number of thiocarbonyl (C=S) groups is 1. The standard InChI is InChI=1S/C20H24ClN3O7S2/c1-22-19(26)15(24(20(22)32)8-10-30-11-9-25)4-6-18-23(7-2-12-33(27,28)29)16-13-14(21)3-5-17(16)31-18/h3-6,13,25H,2,7-12H2,1H3,(H,27,28,29). The van der Waals surface area contributed by atoms with Gasteiger partial charge in [-0.2, -0.15) is 8.42 Å². The van der Waals surface area contributed by atoms with Crippen LogP contribution < -0.4 is 9.64 Å². The summed E-state index contributed by atoms with van der Waals surface area (Å²) in [6, 6.07) is 5.04. The Morgan fingerprint density at radius 2 is 1.97 bits per heavy atom. The molecular formula is C20H24ClN3O7S2. The van der Waals surface area contributed by atoms with Crippen molar-refractivity contribution in [2.75, 3.05) is 50.6 Å². The average molecular weight is 518 g/mol. The van der Waals surface area contributed by atoms with Gasteiger partial charge in [0.05, 0.1) is 31.3 Å². The number of amides is 1. The molecule has 3 rings (SSSR count). The second-order valence-corrected chi connectivity index (χ2v) is 9.57. The highest BCUT2D eigenvalue weighted by atomic mass is 35.5. The number of ether oxygens (including phenoxy) is 2. The molecule has 33 heavy (non-hydrogen) atoms. The van der Waals surface area contributed by atoms with E-state index < -0.39 is 15.9 Å². The number of hydrogen-bond donors (Lipinski definition) is 2. The number of nitrogens with zero attached hydrogens (tertiary/aromatic N) is 3. The van der Waals surface area contributed by atoms with Gasteiger partial charge in [-0.3, -0.25) is 14.2 Å². The van der Waals surface area contributed by atoms with Crippen molar-refractivity contribution in [3.63, 3.8) is 0 Å². The highest BCUT2D eigenvalue weighted by molar-refractivity contribution is 7.85. The van der Waals surface area contributed by atoms with E-state index in [2.05, 4.69) is 0 Å². The molecule has 1 saturated heterocycles. The highest BCUT2D eigenvalue weighted by Gasteiger charge is 2.35. The number of anilines is 1. The van der Waals surface area contributed by atoms with Crippen LogP contribution in [-0.2, 0) is 19.6 Å². The Labute approximate surface area is 202 Å². The fourth-order valence-corrected chi connectivity index (χ4v) is 4.28. The van der Waals surface area contributed by atoms with Crippen LogP contribution in [0.4, 0.5) is 5.69 Å². The maximum atomic E-state index is 12.7. The van der Waals surface area contributed by atoms with Gasteiger partial charge in [0.1, 0.15) is 5.70 Å². The van der Waals surface area contributed by atoms with Crippen LogP contribution in [0.25, 0.3) is 0 Å². The van der Waals surface area contributed by atoms with E-state index >= 15 is 0 Å². The molecule has 2 N–H and O–H groups in total. The molecule has 0 bridgehead atoms. The fraction of sp³-hybridized carbons (Fsp3) is 0.400. The van der Waals surface area contributed by atoms with Crippen LogP contribution in [0, 0.1) is 0 Å². The molecule has 180 valence electrons. The molecule has 0 aromatic heterocycles. The molecule has 0 unspecified atom stereocenters. The van der Waals surface area contributed by atoms with Crippen molar-refractivity contribution in [2.45, 2.75) is 6.42 Å². The smallest absolute Gasteiger partial charge is 0.276 e. The normalized spacial score (nSPS) is 18.6. The van der Waals surface area contributed by atoms with Crippen molar-refractivity contribution in [3.05, 3.63) is 47.0 Å². The molecule has 0 atom stereocenters. The predicted octanol–water partition coefficient (Wildman–Crippen LogP) is 1.61. The topological polar surface area (TPSA) is 120 Å². The lowest BCUT2D eigenvalue weighted by Gasteiger charge is -2.19. The third-order valence-corrected chi connectivity index (χ3v) is 6.42. The summed E-state index contributed by atoms with van der Waals surface area (Å²) in [6.45, 7) is 0.887. The van der Waals surface area contributed by atoms with Gasteiger partial charge in [0.15, 0.2) is 10.9 Å². The number of carbonyl (C=O) groups excluding carboxylic acids is 1. The number of allylic oxidation sites excluding steroid dienone is 2. The minimum absolute atomic E-state index is 0.104. The zero-order chi connectivity index (χ0) is 24.2. The van der Waals surface area contributed by atoms with E-state index in [1.54, 1.807) is 47.2 Å². The van der Waals surface area contributed by atoms with Gasteiger partial charge < -0.3 is 24.4 Å². The van der Waals surface area contributed by atoms with E-state index in [-0.39, 0.29) is 38.7 Å². The molecule has 0 radical (unpaired) electrons. The van der Waals surface area contributed by atoms with Crippen molar-refractivity contribution in [2.24, 2.45) is 0 Å². The van der Waals surface area contributed by atoms with E-state index in [4.69, 9.17) is 43.0 Å². The van der Waals surface area contributed by atoms with Gasteiger partial charge in [-0.15, -0.1) is 0 Å². The third kappa shape index (κ3) is 6.22. The van der Waals surface area contributed by atoms with Gasteiger partial charge in [0, 0.05) is 31.2 Å². The van der Waals surface area contributed by atoms with E-state index in [9.17, 15) is 13.2 Å². The van der Waals surface area contributed by atoms with Crippen LogP contribution in [0.15, 0.2) is 41.9 Å². The summed E-state index contributed by atoms with van der Waals surface area (Å²) in [5.74, 6) is 0.179. The first-order valence-corrected chi connectivity index (χ1v) is 12.4. The second-order valence-electron chi connectivity index (χ2n) is 7.20. The van der Waals surface area contributed by atoms with Gasteiger partial charge in [-0.1, -0.05) is 11.6 Å².